The summed E-state index contributed by atoms with van der Waals surface area (Å²) in [7, 11) is 0. The second kappa shape index (κ2) is 7.40. The predicted molar refractivity (Wildman–Crippen MR) is 124 cm³/mol. The maximum atomic E-state index is 14.3. The first kappa shape index (κ1) is 22.1. The van der Waals surface area contributed by atoms with Crippen LogP contribution in [0.2, 0.25) is 0 Å². The van der Waals surface area contributed by atoms with Crippen LogP contribution in [0.3, 0.4) is 0 Å². The van der Waals surface area contributed by atoms with Gasteiger partial charge < -0.3 is 19.5 Å². The monoisotopic (exact) mass is 463 g/mol. The number of carbonyl (C=O) groups is 1. The molecule has 0 bridgehead atoms. The number of aromatic nitrogens is 1. The van der Waals surface area contributed by atoms with Gasteiger partial charge in [-0.2, -0.15) is 0 Å². The molecule has 5 rings (SSSR count). The van der Waals surface area contributed by atoms with E-state index < -0.39 is 28.6 Å². The summed E-state index contributed by atoms with van der Waals surface area (Å²) in [5.41, 5.74) is 1.47. The lowest BCUT2D eigenvalue weighted by Crippen LogP contribution is -2.43. The Morgan fingerprint density at radius 3 is 2.44 bits per heavy atom. The Hall–Kier alpha value is -3.71. The first-order chi connectivity index (χ1) is 16.0. The number of phenolic OH excluding ortho intramolecular Hbond substituents is 1. The number of nitrogens with zero attached hydrogens (tertiary/aromatic N) is 1. The first-order valence-electron chi connectivity index (χ1n) is 10.8. The molecule has 0 amide bonds. The zero-order valence-electron chi connectivity index (χ0n) is 18.9. The third-order valence-electron chi connectivity index (χ3n) is 6.63. The predicted octanol–water partition coefficient (Wildman–Crippen LogP) is 5.88. The van der Waals surface area contributed by atoms with Crippen LogP contribution in [0.15, 0.2) is 60.7 Å². The number of hydrogen-bond donors (Lipinski definition) is 2. The fourth-order valence-corrected chi connectivity index (χ4v) is 4.96. The van der Waals surface area contributed by atoms with Gasteiger partial charge >= 0.3 is 5.97 Å². The third kappa shape index (κ3) is 3.11. The highest BCUT2D eigenvalue weighted by atomic mass is 19.2. The molecule has 4 aromatic rings. The van der Waals surface area contributed by atoms with E-state index in [1.54, 1.807) is 36.4 Å². The van der Waals surface area contributed by atoms with Gasteiger partial charge in [0.05, 0.1) is 17.7 Å². The molecule has 1 unspecified atom stereocenters. The lowest BCUT2D eigenvalue weighted by molar-refractivity contribution is -0.0437. The molecule has 3 aromatic carbocycles. The molecule has 174 valence electrons. The van der Waals surface area contributed by atoms with E-state index in [1.165, 1.54) is 12.1 Å². The summed E-state index contributed by atoms with van der Waals surface area (Å²) in [6.07, 6.45) is 0. The van der Waals surface area contributed by atoms with Gasteiger partial charge in [0.2, 0.25) is 0 Å². The normalized spacial score (nSPS) is 19.2. The summed E-state index contributed by atoms with van der Waals surface area (Å²) in [6, 6.07) is 15.3. The van der Waals surface area contributed by atoms with E-state index >= 15 is 0 Å². The van der Waals surface area contributed by atoms with Gasteiger partial charge in [-0.05, 0) is 48.9 Å². The molecule has 0 fully saturated rings. The van der Waals surface area contributed by atoms with Crippen molar-refractivity contribution in [3.8, 4) is 11.4 Å². The maximum Gasteiger partial charge on any atom is 0.335 e. The SMILES string of the molecule is CC1(C)COC(C)(c2cccc(C(=O)O)c2)c2c1n(-c1ccc(F)c(F)c1)c1cccc(O)c21. The zero-order valence-corrected chi connectivity index (χ0v) is 18.9. The van der Waals surface area contributed by atoms with Crippen molar-refractivity contribution in [1.29, 1.82) is 0 Å². The van der Waals surface area contributed by atoms with Crippen LogP contribution in [0.5, 0.6) is 5.75 Å². The molecule has 0 aliphatic carbocycles. The number of fused-ring (bicyclic) bond motifs is 3. The summed E-state index contributed by atoms with van der Waals surface area (Å²) in [4.78, 5) is 11.7. The van der Waals surface area contributed by atoms with E-state index in [2.05, 4.69) is 0 Å². The molecule has 1 atom stereocenters. The number of halogens is 2. The van der Waals surface area contributed by atoms with Crippen LogP contribution in [-0.4, -0.2) is 27.4 Å². The Morgan fingerprint density at radius 2 is 1.74 bits per heavy atom. The molecule has 2 N–H and O–H groups in total. The minimum absolute atomic E-state index is 0.0111. The van der Waals surface area contributed by atoms with Crippen molar-refractivity contribution in [3.63, 3.8) is 0 Å². The van der Waals surface area contributed by atoms with Crippen LogP contribution in [0, 0.1) is 11.6 Å². The average Bonchev–Trinajstić information content (AvgIpc) is 3.17. The number of hydrogen-bond acceptors (Lipinski definition) is 3. The molecule has 0 radical (unpaired) electrons. The van der Waals surface area contributed by atoms with Gasteiger partial charge in [0.1, 0.15) is 11.4 Å². The fourth-order valence-electron chi connectivity index (χ4n) is 4.96. The molecular formula is C27H23F2NO4. The number of ether oxygens (including phenoxy) is 1. The Morgan fingerprint density at radius 1 is 1.00 bits per heavy atom. The molecular weight excluding hydrogens is 440 g/mol. The largest absolute Gasteiger partial charge is 0.507 e. The van der Waals surface area contributed by atoms with Gasteiger partial charge in [-0.25, -0.2) is 13.6 Å². The van der Waals surface area contributed by atoms with Crippen LogP contribution in [0.25, 0.3) is 16.6 Å². The van der Waals surface area contributed by atoms with Gasteiger partial charge in [0, 0.05) is 33.8 Å². The van der Waals surface area contributed by atoms with Crippen molar-refractivity contribution in [1.82, 2.24) is 4.57 Å². The standard InChI is InChI=1S/C27H23F2NO4/c1-26(2)14-34-27(3,16-7-4-6-15(12-16)25(32)33)23-22-20(8-5-9-21(22)31)30(24(23)26)17-10-11-18(28)19(29)13-17/h4-13,31H,14H2,1-3H3,(H,32,33). The Kier molecular flexibility index (Phi) is 4.81. The van der Waals surface area contributed by atoms with Crippen molar-refractivity contribution in [2.24, 2.45) is 0 Å². The second-order valence-electron chi connectivity index (χ2n) is 9.42. The summed E-state index contributed by atoms with van der Waals surface area (Å²) >= 11 is 0. The number of aromatic carboxylic acids is 1. The van der Waals surface area contributed by atoms with Crippen molar-refractivity contribution in [2.75, 3.05) is 6.61 Å². The quantitative estimate of drug-likeness (QED) is 0.398. The fraction of sp³-hybridized carbons (Fsp3) is 0.222. The zero-order chi connectivity index (χ0) is 24.4. The van der Waals surface area contributed by atoms with E-state index in [0.29, 0.717) is 27.7 Å². The smallest absolute Gasteiger partial charge is 0.335 e. The van der Waals surface area contributed by atoms with Crippen LogP contribution < -0.4 is 0 Å². The number of phenols is 1. The van der Waals surface area contributed by atoms with E-state index in [9.17, 15) is 23.8 Å². The van der Waals surface area contributed by atoms with Crippen LogP contribution in [-0.2, 0) is 15.8 Å². The number of rotatable bonds is 3. The topological polar surface area (TPSA) is 71.7 Å². The van der Waals surface area contributed by atoms with E-state index in [0.717, 1.165) is 17.8 Å². The summed E-state index contributed by atoms with van der Waals surface area (Å²) in [5, 5.41) is 21.0. The number of aromatic hydroxyl groups is 1. The molecule has 7 heteroatoms. The molecule has 1 aliphatic rings. The highest BCUT2D eigenvalue weighted by Crippen LogP contribution is 2.52. The maximum absolute atomic E-state index is 14.3. The first-order valence-corrected chi connectivity index (χ1v) is 10.8. The lowest BCUT2D eigenvalue weighted by atomic mass is 9.75. The van der Waals surface area contributed by atoms with Crippen LogP contribution in [0.4, 0.5) is 8.78 Å². The molecule has 0 saturated heterocycles. The molecule has 1 aromatic heterocycles. The minimum atomic E-state index is -1.11. The molecule has 0 saturated carbocycles. The summed E-state index contributed by atoms with van der Waals surface area (Å²) in [5.74, 6) is -2.98. The summed E-state index contributed by atoms with van der Waals surface area (Å²) in [6.45, 7) is 6.06. The van der Waals surface area contributed by atoms with Gasteiger partial charge in [0.15, 0.2) is 11.6 Å². The van der Waals surface area contributed by atoms with Crippen molar-refractivity contribution in [3.05, 3.63) is 94.7 Å². The molecule has 1 aliphatic heterocycles. The van der Waals surface area contributed by atoms with Gasteiger partial charge in [-0.15, -0.1) is 0 Å². The van der Waals surface area contributed by atoms with Crippen molar-refractivity contribution < 1.29 is 28.5 Å². The highest BCUT2D eigenvalue weighted by molar-refractivity contribution is 5.94. The Labute approximate surface area is 194 Å². The summed E-state index contributed by atoms with van der Waals surface area (Å²) < 4.78 is 36.3. The van der Waals surface area contributed by atoms with E-state index in [-0.39, 0.29) is 17.9 Å². The second-order valence-corrected chi connectivity index (χ2v) is 9.42. The minimum Gasteiger partial charge on any atom is -0.507 e. The third-order valence-corrected chi connectivity index (χ3v) is 6.63. The van der Waals surface area contributed by atoms with E-state index in [1.807, 2.05) is 25.3 Å². The molecule has 34 heavy (non-hydrogen) atoms. The van der Waals surface area contributed by atoms with Crippen LogP contribution >= 0.6 is 0 Å². The number of carboxylic acids is 1. The Balaban J connectivity index is 1.92. The molecule has 5 nitrogen and oxygen atoms in total. The lowest BCUT2D eigenvalue weighted by Gasteiger charge is -2.43. The number of carboxylic acid groups (broad SMARTS) is 1. The Bertz CT molecular complexity index is 1470. The van der Waals surface area contributed by atoms with Gasteiger partial charge in [-0.1, -0.05) is 32.0 Å². The molecule has 2 heterocycles. The van der Waals surface area contributed by atoms with Gasteiger partial charge in [0.25, 0.3) is 0 Å². The van der Waals surface area contributed by atoms with Crippen LogP contribution in [0.1, 0.15) is 48.0 Å². The van der Waals surface area contributed by atoms with Crippen molar-refractivity contribution >= 4 is 16.9 Å². The van der Waals surface area contributed by atoms with Crippen molar-refractivity contribution in [2.45, 2.75) is 31.8 Å². The average molecular weight is 463 g/mol. The molecule has 0 spiro atoms. The van der Waals surface area contributed by atoms with E-state index in [4.69, 9.17) is 4.74 Å². The highest BCUT2D eigenvalue weighted by Gasteiger charge is 2.47. The van der Waals surface area contributed by atoms with Gasteiger partial charge in [-0.3, -0.25) is 0 Å². The number of benzene rings is 3.